The van der Waals surface area contributed by atoms with Gasteiger partial charge in [-0.1, -0.05) is 11.2 Å². The minimum Gasteiger partial charge on any atom is -0.493 e. The maximum Gasteiger partial charge on any atom is 0.371 e. The monoisotopic (exact) mass is 330 g/mol. The molecule has 0 fully saturated rings. The summed E-state index contributed by atoms with van der Waals surface area (Å²) in [5.41, 5.74) is 2.24. The molecule has 7 heteroatoms. The van der Waals surface area contributed by atoms with Crippen LogP contribution >= 0.6 is 0 Å². The molecule has 0 unspecified atom stereocenters. The van der Waals surface area contributed by atoms with E-state index in [0.717, 1.165) is 22.4 Å². The highest BCUT2D eigenvalue weighted by molar-refractivity contribution is 5.94. The van der Waals surface area contributed by atoms with E-state index in [1.54, 1.807) is 6.07 Å². The number of methoxy groups -OCH3 is 1. The van der Waals surface area contributed by atoms with Crippen LogP contribution in [0.15, 0.2) is 33.2 Å². The molecule has 0 amide bonds. The highest BCUT2D eigenvalue weighted by atomic mass is 16.5. The minimum absolute atomic E-state index is 0.106. The molecule has 24 heavy (non-hydrogen) atoms. The van der Waals surface area contributed by atoms with Crippen molar-refractivity contribution in [2.75, 3.05) is 14.2 Å². The topological polar surface area (TPSA) is 88.9 Å². The number of aryl methyl sites for hydroxylation is 1. The zero-order valence-corrected chi connectivity index (χ0v) is 13.7. The Morgan fingerprint density at radius 2 is 2.12 bits per heavy atom. The van der Waals surface area contributed by atoms with Crippen molar-refractivity contribution in [2.45, 2.75) is 20.0 Å². The molecule has 0 aliphatic carbocycles. The maximum absolute atomic E-state index is 11.2. The third-order valence-corrected chi connectivity index (χ3v) is 3.72. The van der Waals surface area contributed by atoms with Crippen LogP contribution < -0.4 is 4.74 Å². The summed E-state index contributed by atoms with van der Waals surface area (Å²) in [6.07, 6.45) is 0. The summed E-state index contributed by atoms with van der Waals surface area (Å²) >= 11 is 0. The van der Waals surface area contributed by atoms with Crippen LogP contribution in [0.1, 0.15) is 27.6 Å². The van der Waals surface area contributed by atoms with E-state index in [0.29, 0.717) is 24.4 Å². The molecule has 1 N–H and O–H groups in total. The van der Waals surface area contributed by atoms with Gasteiger partial charge in [-0.25, -0.2) is 4.79 Å². The highest BCUT2D eigenvalue weighted by Gasteiger charge is 2.17. The van der Waals surface area contributed by atoms with Gasteiger partial charge in [0.05, 0.1) is 12.8 Å². The van der Waals surface area contributed by atoms with Gasteiger partial charge in [0.15, 0.2) is 11.3 Å². The van der Waals surface area contributed by atoms with Crippen molar-refractivity contribution in [3.63, 3.8) is 0 Å². The van der Waals surface area contributed by atoms with Gasteiger partial charge in [0.2, 0.25) is 5.76 Å². The van der Waals surface area contributed by atoms with Gasteiger partial charge < -0.3 is 18.8 Å². The van der Waals surface area contributed by atoms with Gasteiger partial charge in [-0.05, 0) is 31.7 Å². The number of furan rings is 1. The molecule has 1 aromatic carbocycles. The summed E-state index contributed by atoms with van der Waals surface area (Å²) in [6.45, 7) is 3.07. The first-order valence-electron chi connectivity index (χ1n) is 7.41. The van der Waals surface area contributed by atoms with Crippen molar-refractivity contribution in [1.29, 1.82) is 0 Å². The number of nitrogens with zero attached hydrogens (tertiary/aromatic N) is 2. The Labute approximate surface area is 138 Å². The molecule has 0 saturated carbocycles. The normalized spacial score (nSPS) is 11.3. The van der Waals surface area contributed by atoms with E-state index in [-0.39, 0.29) is 5.76 Å². The molecule has 3 rings (SSSR count). The van der Waals surface area contributed by atoms with E-state index in [1.165, 1.54) is 13.2 Å². The fourth-order valence-corrected chi connectivity index (χ4v) is 2.67. The molecule has 0 atom stereocenters. The number of rotatable bonds is 6. The van der Waals surface area contributed by atoms with E-state index < -0.39 is 5.97 Å². The Morgan fingerprint density at radius 3 is 2.75 bits per heavy atom. The molecule has 3 aromatic rings. The largest absolute Gasteiger partial charge is 0.493 e. The summed E-state index contributed by atoms with van der Waals surface area (Å²) in [4.78, 5) is 13.2. The predicted molar refractivity (Wildman–Crippen MR) is 86.1 cm³/mol. The van der Waals surface area contributed by atoms with E-state index in [4.69, 9.17) is 18.8 Å². The molecule has 126 valence electrons. The van der Waals surface area contributed by atoms with Crippen molar-refractivity contribution in [3.8, 4) is 5.75 Å². The van der Waals surface area contributed by atoms with Gasteiger partial charge in [-0.15, -0.1) is 0 Å². The van der Waals surface area contributed by atoms with Gasteiger partial charge in [0, 0.05) is 24.5 Å². The van der Waals surface area contributed by atoms with E-state index in [9.17, 15) is 4.79 Å². The quantitative estimate of drug-likeness (QED) is 0.743. The first kappa shape index (κ1) is 16.1. The number of aromatic carboxylic acids is 1. The van der Waals surface area contributed by atoms with Crippen LogP contribution in [-0.2, 0) is 13.1 Å². The highest BCUT2D eigenvalue weighted by Crippen LogP contribution is 2.32. The third-order valence-electron chi connectivity index (χ3n) is 3.72. The van der Waals surface area contributed by atoms with Gasteiger partial charge in [-0.3, -0.25) is 4.90 Å². The first-order chi connectivity index (χ1) is 11.5. The summed E-state index contributed by atoms with van der Waals surface area (Å²) in [7, 11) is 3.48. The molecule has 7 nitrogen and oxygen atoms in total. The standard InChI is InChI=1S/C17H18N2O5/c1-10-6-12(18-24-10)9-19(2)8-11-4-5-14(22-3)16-13(11)7-15(23-16)17(20)21/h4-7H,8-9H2,1-3H3,(H,20,21). The number of carboxylic acids is 1. The Bertz CT molecular complexity index is 880. The van der Waals surface area contributed by atoms with E-state index >= 15 is 0 Å². The molecule has 0 aliphatic heterocycles. The lowest BCUT2D eigenvalue weighted by atomic mass is 10.1. The van der Waals surface area contributed by atoms with Crippen LogP contribution in [0.2, 0.25) is 0 Å². The smallest absolute Gasteiger partial charge is 0.371 e. The van der Waals surface area contributed by atoms with Crippen molar-refractivity contribution < 1.29 is 23.6 Å². The van der Waals surface area contributed by atoms with Crippen molar-refractivity contribution in [3.05, 3.63) is 47.0 Å². The van der Waals surface area contributed by atoms with Gasteiger partial charge in [0.25, 0.3) is 0 Å². The maximum atomic E-state index is 11.2. The van der Waals surface area contributed by atoms with E-state index in [2.05, 4.69) is 10.1 Å². The molecule has 0 spiro atoms. The lowest BCUT2D eigenvalue weighted by molar-refractivity contribution is 0.0665. The Balaban J connectivity index is 1.89. The summed E-state index contributed by atoms with van der Waals surface area (Å²) in [5.74, 6) is 0.0679. The number of benzene rings is 1. The van der Waals surface area contributed by atoms with Crippen LogP contribution in [0.25, 0.3) is 11.0 Å². The lowest BCUT2D eigenvalue weighted by Gasteiger charge is -2.16. The molecular formula is C17H18N2O5. The fraction of sp³-hybridized carbons (Fsp3) is 0.294. The summed E-state index contributed by atoms with van der Waals surface area (Å²) in [5, 5.41) is 13.9. The minimum atomic E-state index is -1.11. The molecular weight excluding hydrogens is 312 g/mol. The number of fused-ring (bicyclic) bond motifs is 1. The van der Waals surface area contributed by atoms with Crippen LogP contribution in [0.3, 0.4) is 0 Å². The lowest BCUT2D eigenvalue weighted by Crippen LogP contribution is -2.17. The average Bonchev–Trinajstić information content (AvgIpc) is 3.14. The molecule has 0 bridgehead atoms. The predicted octanol–water partition coefficient (Wildman–Crippen LogP) is 3.07. The van der Waals surface area contributed by atoms with Crippen LogP contribution in [0, 0.1) is 6.92 Å². The van der Waals surface area contributed by atoms with Crippen LogP contribution in [-0.4, -0.2) is 35.3 Å². The Kier molecular flexibility index (Phi) is 4.26. The number of carboxylic acid groups (broad SMARTS) is 1. The number of ether oxygens (including phenoxy) is 1. The summed E-state index contributed by atoms with van der Waals surface area (Å²) in [6, 6.07) is 7.11. The molecule has 2 heterocycles. The van der Waals surface area contributed by atoms with Crippen molar-refractivity contribution in [2.24, 2.45) is 0 Å². The first-order valence-corrected chi connectivity index (χ1v) is 7.41. The fourth-order valence-electron chi connectivity index (χ4n) is 2.67. The van der Waals surface area contributed by atoms with Gasteiger partial charge in [-0.2, -0.15) is 0 Å². The van der Waals surface area contributed by atoms with Crippen molar-refractivity contribution >= 4 is 16.9 Å². The second-order valence-electron chi connectivity index (χ2n) is 5.69. The Hall–Kier alpha value is -2.80. The molecule has 0 aliphatic rings. The Morgan fingerprint density at radius 1 is 1.33 bits per heavy atom. The third kappa shape index (κ3) is 3.11. The van der Waals surface area contributed by atoms with Crippen molar-refractivity contribution in [1.82, 2.24) is 10.1 Å². The van der Waals surface area contributed by atoms with Gasteiger partial charge >= 0.3 is 5.97 Å². The second kappa shape index (κ2) is 6.37. The number of hydrogen-bond donors (Lipinski definition) is 1. The molecule has 0 radical (unpaired) electrons. The molecule has 0 saturated heterocycles. The van der Waals surface area contributed by atoms with E-state index in [1.807, 2.05) is 26.1 Å². The molecule has 2 aromatic heterocycles. The number of carbonyl (C=O) groups is 1. The second-order valence-corrected chi connectivity index (χ2v) is 5.69. The number of hydrogen-bond acceptors (Lipinski definition) is 6. The summed E-state index contributed by atoms with van der Waals surface area (Å²) < 4.78 is 15.8. The van der Waals surface area contributed by atoms with Crippen LogP contribution in [0.4, 0.5) is 0 Å². The van der Waals surface area contributed by atoms with Gasteiger partial charge in [0.1, 0.15) is 5.76 Å². The average molecular weight is 330 g/mol. The zero-order chi connectivity index (χ0) is 17.3. The SMILES string of the molecule is COc1ccc(CN(C)Cc2cc(C)on2)c2cc(C(=O)O)oc12. The number of aromatic nitrogens is 1. The van der Waals surface area contributed by atoms with Crippen LogP contribution in [0.5, 0.6) is 5.75 Å². The zero-order valence-electron chi connectivity index (χ0n) is 13.7.